The van der Waals surface area contributed by atoms with E-state index in [4.69, 9.17) is 4.74 Å². The molecule has 1 fully saturated rings. The molecule has 0 spiro atoms. The summed E-state index contributed by atoms with van der Waals surface area (Å²) in [6.07, 6.45) is 2.83. The Kier molecular flexibility index (Phi) is 9.78. The molecular formula is C30H41N3O5. The number of phenols is 1. The lowest BCUT2D eigenvalue weighted by Gasteiger charge is -2.35. The van der Waals surface area contributed by atoms with Crippen LogP contribution in [-0.2, 0) is 20.7 Å². The summed E-state index contributed by atoms with van der Waals surface area (Å²) in [5.74, 6) is -0.467. The highest BCUT2D eigenvalue weighted by atomic mass is 16.6. The normalized spacial score (nSPS) is 14.8. The summed E-state index contributed by atoms with van der Waals surface area (Å²) in [4.78, 5) is 42.2. The molecule has 38 heavy (non-hydrogen) atoms. The van der Waals surface area contributed by atoms with E-state index in [9.17, 15) is 19.5 Å². The third kappa shape index (κ3) is 8.50. The number of carbonyl (C=O) groups is 3. The fraction of sp³-hybridized carbons (Fsp3) is 0.500. The van der Waals surface area contributed by atoms with E-state index < -0.39 is 23.8 Å². The van der Waals surface area contributed by atoms with Crippen molar-refractivity contribution in [2.45, 2.75) is 90.4 Å². The van der Waals surface area contributed by atoms with Gasteiger partial charge in [-0.2, -0.15) is 0 Å². The molecule has 2 aromatic carbocycles. The number of ether oxygens (including phenoxy) is 1. The van der Waals surface area contributed by atoms with E-state index in [0.29, 0.717) is 6.54 Å². The number of nitrogens with zero attached hydrogens (tertiary/aromatic N) is 1. The average Bonchev–Trinajstić information content (AvgIpc) is 3.68. The molecule has 0 saturated heterocycles. The van der Waals surface area contributed by atoms with Gasteiger partial charge in [-0.05, 0) is 70.2 Å². The van der Waals surface area contributed by atoms with Crippen LogP contribution in [0.3, 0.4) is 0 Å². The highest BCUT2D eigenvalue weighted by molar-refractivity contribution is 5.92. The first kappa shape index (κ1) is 29.0. The topological polar surface area (TPSA) is 108 Å². The van der Waals surface area contributed by atoms with Crippen LogP contribution in [0.4, 0.5) is 4.79 Å². The van der Waals surface area contributed by atoms with Gasteiger partial charge in [0.05, 0.1) is 0 Å². The molecular weight excluding hydrogens is 482 g/mol. The molecule has 8 nitrogen and oxygen atoms in total. The van der Waals surface area contributed by atoms with Crippen molar-refractivity contribution in [1.82, 2.24) is 15.5 Å². The fourth-order valence-electron chi connectivity index (χ4n) is 4.24. The third-order valence-corrected chi connectivity index (χ3v) is 6.31. The summed E-state index contributed by atoms with van der Waals surface area (Å²) in [5.41, 5.74) is 1.80. The molecule has 2 aromatic rings. The van der Waals surface area contributed by atoms with Crippen LogP contribution >= 0.6 is 0 Å². The van der Waals surface area contributed by atoms with Crippen molar-refractivity contribution >= 4 is 17.9 Å². The Morgan fingerprint density at radius 1 is 1.05 bits per heavy atom. The van der Waals surface area contributed by atoms with Crippen LogP contribution in [0.5, 0.6) is 5.75 Å². The van der Waals surface area contributed by atoms with Crippen molar-refractivity contribution in [3.8, 4) is 5.75 Å². The van der Waals surface area contributed by atoms with Gasteiger partial charge in [0, 0.05) is 19.0 Å². The molecule has 0 heterocycles. The molecule has 0 aromatic heterocycles. The lowest BCUT2D eigenvalue weighted by Crippen LogP contribution is -2.54. The van der Waals surface area contributed by atoms with Crippen LogP contribution < -0.4 is 10.6 Å². The van der Waals surface area contributed by atoms with Crippen molar-refractivity contribution in [1.29, 1.82) is 0 Å². The Hall–Kier alpha value is -3.55. The van der Waals surface area contributed by atoms with Gasteiger partial charge in [-0.15, -0.1) is 0 Å². The minimum atomic E-state index is -0.966. The van der Waals surface area contributed by atoms with E-state index in [1.807, 2.05) is 31.2 Å². The number of unbranched alkanes of at least 4 members (excludes halogenated alkanes) is 1. The van der Waals surface area contributed by atoms with Gasteiger partial charge in [0.1, 0.15) is 23.4 Å². The molecule has 1 aliphatic rings. The number of nitrogens with one attached hydrogen (secondary N) is 2. The second-order valence-corrected chi connectivity index (χ2v) is 11.0. The molecule has 3 amide bonds. The van der Waals surface area contributed by atoms with Gasteiger partial charge in [-0.3, -0.25) is 9.59 Å². The van der Waals surface area contributed by atoms with Crippen LogP contribution in [0, 0.1) is 6.92 Å². The quantitative estimate of drug-likeness (QED) is 0.367. The Morgan fingerprint density at radius 3 is 2.24 bits per heavy atom. The molecule has 1 saturated carbocycles. The minimum Gasteiger partial charge on any atom is -0.508 e. The van der Waals surface area contributed by atoms with Crippen LogP contribution in [0.25, 0.3) is 0 Å². The van der Waals surface area contributed by atoms with Crippen LogP contribution in [-0.4, -0.2) is 52.1 Å². The number of rotatable bonds is 11. The summed E-state index contributed by atoms with van der Waals surface area (Å²) >= 11 is 0. The number of benzene rings is 2. The fourth-order valence-corrected chi connectivity index (χ4v) is 4.24. The van der Waals surface area contributed by atoms with Crippen LogP contribution in [0.1, 0.15) is 76.1 Å². The van der Waals surface area contributed by atoms with E-state index >= 15 is 0 Å². The molecule has 2 atom stereocenters. The largest absolute Gasteiger partial charge is 0.508 e. The Morgan fingerprint density at radius 2 is 1.68 bits per heavy atom. The number of carbonyl (C=O) groups excluding carboxylic acids is 3. The Balaban J connectivity index is 1.97. The monoisotopic (exact) mass is 523 g/mol. The minimum absolute atomic E-state index is 0.103. The lowest BCUT2D eigenvalue weighted by atomic mass is 9.99. The highest BCUT2D eigenvalue weighted by Crippen LogP contribution is 2.36. The molecule has 1 aliphatic carbocycles. The molecule has 2 unspecified atom stereocenters. The molecule has 0 radical (unpaired) electrons. The average molecular weight is 524 g/mol. The Bertz CT molecular complexity index is 1090. The first-order chi connectivity index (χ1) is 18.0. The molecule has 0 bridgehead atoms. The van der Waals surface area contributed by atoms with E-state index in [1.165, 1.54) is 0 Å². The number of hydrogen-bond acceptors (Lipinski definition) is 5. The zero-order valence-electron chi connectivity index (χ0n) is 23.1. The molecule has 0 aliphatic heterocycles. The van der Waals surface area contributed by atoms with Gasteiger partial charge in [0.25, 0.3) is 0 Å². The number of alkyl carbamates (subject to hydrolysis) is 1. The predicted octanol–water partition coefficient (Wildman–Crippen LogP) is 4.79. The summed E-state index contributed by atoms with van der Waals surface area (Å²) in [5, 5.41) is 15.5. The number of aryl methyl sites for hydroxylation is 1. The highest BCUT2D eigenvalue weighted by Gasteiger charge is 2.44. The second kappa shape index (κ2) is 12.8. The number of amides is 3. The van der Waals surface area contributed by atoms with Crippen molar-refractivity contribution in [3.63, 3.8) is 0 Å². The first-order valence-electron chi connectivity index (χ1n) is 13.4. The maximum Gasteiger partial charge on any atom is 0.408 e. The summed E-state index contributed by atoms with van der Waals surface area (Å²) in [7, 11) is 0. The van der Waals surface area contributed by atoms with Crippen molar-refractivity contribution in [2.75, 3.05) is 6.54 Å². The first-order valence-corrected chi connectivity index (χ1v) is 13.4. The maximum absolute atomic E-state index is 14.2. The van der Waals surface area contributed by atoms with Crippen molar-refractivity contribution < 1.29 is 24.2 Å². The summed E-state index contributed by atoms with van der Waals surface area (Å²) in [6, 6.07) is 12.3. The number of phenolic OH excluding ortho intramolecular Hbond substituents is 1. The zero-order chi connectivity index (χ0) is 27.9. The summed E-state index contributed by atoms with van der Waals surface area (Å²) < 4.78 is 5.46. The van der Waals surface area contributed by atoms with Crippen molar-refractivity contribution in [3.05, 3.63) is 65.2 Å². The van der Waals surface area contributed by atoms with E-state index in [-0.39, 0.29) is 30.0 Å². The van der Waals surface area contributed by atoms with E-state index in [2.05, 4.69) is 17.6 Å². The lowest BCUT2D eigenvalue weighted by molar-refractivity contribution is -0.143. The number of hydrogen-bond donors (Lipinski definition) is 3. The zero-order valence-corrected chi connectivity index (χ0v) is 23.1. The maximum atomic E-state index is 14.2. The SMILES string of the molecule is CCCCNC(=O)C(c1ccc(C)cc1)N(C(=O)C(Cc1ccc(O)cc1)NC(=O)OC(C)(C)C)C1CC1. The second-order valence-electron chi connectivity index (χ2n) is 11.0. The van der Waals surface area contributed by atoms with Gasteiger partial charge >= 0.3 is 6.09 Å². The predicted molar refractivity (Wildman–Crippen MR) is 147 cm³/mol. The van der Waals surface area contributed by atoms with Gasteiger partial charge < -0.3 is 25.4 Å². The third-order valence-electron chi connectivity index (χ3n) is 6.31. The molecule has 206 valence electrons. The van der Waals surface area contributed by atoms with Crippen LogP contribution in [0.2, 0.25) is 0 Å². The molecule has 3 N–H and O–H groups in total. The summed E-state index contributed by atoms with van der Waals surface area (Å²) in [6.45, 7) is 9.83. The van der Waals surface area contributed by atoms with Gasteiger partial charge in [0.2, 0.25) is 11.8 Å². The Labute approximate surface area is 225 Å². The molecule has 8 heteroatoms. The standard InChI is InChI=1S/C30H41N3O5/c1-6-7-18-31-27(35)26(22-12-8-20(2)9-13-22)33(23-14-15-23)28(36)25(32-29(37)38-30(3,4)5)19-21-10-16-24(34)17-11-21/h8-13,16-17,23,25-26,34H,6-7,14-15,18-19H2,1-5H3,(H,31,35)(H,32,37). The van der Waals surface area contributed by atoms with Crippen LogP contribution in [0.15, 0.2) is 48.5 Å². The smallest absolute Gasteiger partial charge is 0.408 e. The molecule has 3 rings (SSSR count). The van der Waals surface area contributed by atoms with E-state index in [0.717, 1.165) is 42.4 Å². The van der Waals surface area contributed by atoms with Crippen molar-refractivity contribution in [2.24, 2.45) is 0 Å². The van der Waals surface area contributed by atoms with Gasteiger partial charge in [-0.1, -0.05) is 55.3 Å². The van der Waals surface area contributed by atoms with Gasteiger partial charge in [-0.25, -0.2) is 4.79 Å². The van der Waals surface area contributed by atoms with Gasteiger partial charge in [0.15, 0.2) is 0 Å². The van der Waals surface area contributed by atoms with E-state index in [1.54, 1.807) is 49.9 Å². The number of aromatic hydroxyl groups is 1.